The van der Waals surface area contributed by atoms with Crippen molar-refractivity contribution in [2.24, 2.45) is 11.7 Å². The van der Waals surface area contributed by atoms with Crippen LogP contribution in [0.1, 0.15) is 30.1 Å². The van der Waals surface area contributed by atoms with Gasteiger partial charge in [-0.15, -0.1) is 12.4 Å². The fraction of sp³-hybridized carbons (Fsp3) is 0.429. The van der Waals surface area contributed by atoms with E-state index in [1.54, 1.807) is 24.3 Å². The van der Waals surface area contributed by atoms with E-state index in [1.807, 2.05) is 0 Å². The number of nitrogens with one attached hydrogen (secondary N) is 2. The van der Waals surface area contributed by atoms with E-state index >= 15 is 0 Å². The molecule has 0 aromatic heterocycles. The lowest BCUT2D eigenvalue weighted by Gasteiger charge is -2.12. The summed E-state index contributed by atoms with van der Waals surface area (Å²) in [7, 11) is 0. The van der Waals surface area contributed by atoms with E-state index < -0.39 is 0 Å². The molecule has 2 rings (SSSR count). The number of amides is 2. The summed E-state index contributed by atoms with van der Waals surface area (Å²) in [6, 6.07) is 6.89. The van der Waals surface area contributed by atoms with Gasteiger partial charge in [0.15, 0.2) is 0 Å². The molecule has 2 amide bonds. The van der Waals surface area contributed by atoms with E-state index in [0.717, 1.165) is 12.8 Å². The molecule has 1 fully saturated rings. The molecule has 1 aliphatic rings. The van der Waals surface area contributed by atoms with Crippen molar-refractivity contribution in [1.82, 2.24) is 5.32 Å². The molecule has 4 N–H and O–H groups in total. The number of hydrogen-bond donors (Lipinski definition) is 3. The maximum Gasteiger partial charge on any atom is 0.251 e. The Hall–Kier alpha value is -1.59. The lowest BCUT2D eigenvalue weighted by Crippen LogP contribution is -2.38. The molecule has 1 saturated carbocycles. The van der Waals surface area contributed by atoms with Gasteiger partial charge in [-0.3, -0.25) is 9.59 Å². The van der Waals surface area contributed by atoms with Crippen LogP contribution < -0.4 is 16.4 Å². The monoisotopic (exact) mass is 297 g/mol. The van der Waals surface area contributed by atoms with E-state index in [4.69, 9.17) is 5.73 Å². The Bertz CT molecular complexity index is 489. The molecule has 0 heterocycles. The largest absolute Gasteiger partial charge is 0.350 e. The number of rotatable bonds is 5. The van der Waals surface area contributed by atoms with Crippen LogP contribution in [0.15, 0.2) is 24.3 Å². The Kier molecular flexibility index (Phi) is 5.98. The SMILES string of the molecule is CC(=O)Nc1cccc(C(=O)NCC(N)C2CC2)c1.Cl. The van der Waals surface area contributed by atoms with Gasteiger partial charge in [-0.2, -0.15) is 0 Å². The number of carbonyl (C=O) groups excluding carboxylic acids is 2. The molecule has 0 radical (unpaired) electrons. The van der Waals surface area contributed by atoms with Crippen molar-refractivity contribution in [1.29, 1.82) is 0 Å². The Morgan fingerprint density at radius 2 is 2.10 bits per heavy atom. The molecule has 0 saturated heterocycles. The zero-order chi connectivity index (χ0) is 13.8. The normalized spacial score (nSPS) is 14.9. The highest BCUT2D eigenvalue weighted by Crippen LogP contribution is 2.31. The second kappa shape index (κ2) is 7.26. The van der Waals surface area contributed by atoms with Gasteiger partial charge in [0.25, 0.3) is 5.91 Å². The van der Waals surface area contributed by atoms with E-state index in [-0.39, 0.29) is 30.3 Å². The molecule has 5 nitrogen and oxygen atoms in total. The van der Waals surface area contributed by atoms with Gasteiger partial charge in [-0.1, -0.05) is 6.07 Å². The van der Waals surface area contributed by atoms with Crippen LogP contribution in [0.2, 0.25) is 0 Å². The lowest BCUT2D eigenvalue weighted by atomic mass is 10.1. The maximum atomic E-state index is 12.0. The maximum absolute atomic E-state index is 12.0. The number of benzene rings is 1. The smallest absolute Gasteiger partial charge is 0.251 e. The minimum absolute atomic E-state index is 0. The Morgan fingerprint density at radius 3 is 2.70 bits per heavy atom. The summed E-state index contributed by atoms with van der Waals surface area (Å²) >= 11 is 0. The molecule has 110 valence electrons. The molecule has 1 aromatic carbocycles. The van der Waals surface area contributed by atoms with Crippen LogP contribution >= 0.6 is 12.4 Å². The molecule has 0 spiro atoms. The molecule has 1 atom stereocenters. The van der Waals surface area contributed by atoms with Gasteiger partial charge in [-0.05, 0) is 37.0 Å². The second-order valence-electron chi connectivity index (χ2n) is 4.97. The third-order valence-electron chi connectivity index (χ3n) is 3.17. The molecule has 0 bridgehead atoms. The van der Waals surface area contributed by atoms with Crippen LogP contribution in [0.5, 0.6) is 0 Å². The van der Waals surface area contributed by atoms with Gasteiger partial charge in [0.1, 0.15) is 0 Å². The molecule has 6 heteroatoms. The Labute approximate surface area is 124 Å². The number of halogens is 1. The number of hydrogen-bond acceptors (Lipinski definition) is 3. The van der Waals surface area contributed by atoms with Crippen molar-refractivity contribution >= 4 is 29.9 Å². The lowest BCUT2D eigenvalue weighted by molar-refractivity contribution is -0.114. The van der Waals surface area contributed by atoms with Crippen LogP contribution in [0.3, 0.4) is 0 Å². The van der Waals surface area contributed by atoms with Crippen LogP contribution in [0.25, 0.3) is 0 Å². The first-order valence-corrected chi connectivity index (χ1v) is 6.47. The summed E-state index contributed by atoms with van der Waals surface area (Å²) in [6.07, 6.45) is 2.32. The highest BCUT2D eigenvalue weighted by molar-refractivity contribution is 5.96. The molecular formula is C14H20ClN3O2. The zero-order valence-corrected chi connectivity index (χ0v) is 12.2. The molecule has 1 unspecified atom stereocenters. The minimum atomic E-state index is -0.164. The van der Waals surface area contributed by atoms with Crippen LogP contribution in [0.4, 0.5) is 5.69 Å². The van der Waals surface area contributed by atoms with Crippen molar-refractivity contribution in [3.8, 4) is 0 Å². The molecule has 1 aliphatic carbocycles. The predicted molar refractivity (Wildman–Crippen MR) is 81.0 cm³/mol. The second-order valence-corrected chi connectivity index (χ2v) is 4.97. The van der Waals surface area contributed by atoms with E-state index in [9.17, 15) is 9.59 Å². The van der Waals surface area contributed by atoms with Gasteiger partial charge in [0.05, 0.1) is 0 Å². The molecule has 1 aromatic rings. The topological polar surface area (TPSA) is 84.2 Å². The minimum Gasteiger partial charge on any atom is -0.350 e. The third-order valence-corrected chi connectivity index (χ3v) is 3.17. The van der Waals surface area contributed by atoms with Crippen molar-refractivity contribution in [3.05, 3.63) is 29.8 Å². The number of anilines is 1. The van der Waals surface area contributed by atoms with E-state index in [1.165, 1.54) is 6.92 Å². The Balaban J connectivity index is 0.00000200. The number of carbonyl (C=O) groups is 2. The first-order chi connectivity index (χ1) is 9.06. The van der Waals surface area contributed by atoms with Crippen molar-refractivity contribution in [2.45, 2.75) is 25.8 Å². The predicted octanol–water partition coefficient (Wildman–Crippen LogP) is 1.53. The van der Waals surface area contributed by atoms with Gasteiger partial charge in [0.2, 0.25) is 5.91 Å². The summed E-state index contributed by atoms with van der Waals surface area (Å²) in [6.45, 7) is 1.93. The average molecular weight is 298 g/mol. The van der Waals surface area contributed by atoms with Gasteiger partial charge in [0, 0.05) is 30.8 Å². The Morgan fingerprint density at radius 1 is 1.40 bits per heavy atom. The quantitative estimate of drug-likeness (QED) is 0.770. The van der Waals surface area contributed by atoms with E-state index in [2.05, 4.69) is 10.6 Å². The average Bonchev–Trinajstić information content (AvgIpc) is 3.19. The fourth-order valence-corrected chi connectivity index (χ4v) is 1.95. The standard InChI is InChI=1S/C14H19N3O2.ClH/c1-9(18)17-12-4-2-3-11(7-12)14(19)16-8-13(15)10-5-6-10;/h2-4,7,10,13H,5-6,8,15H2,1H3,(H,16,19)(H,17,18);1H. The fourth-order valence-electron chi connectivity index (χ4n) is 1.95. The summed E-state index contributed by atoms with van der Waals surface area (Å²) < 4.78 is 0. The summed E-state index contributed by atoms with van der Waals surface area (Å²) in [5, 5.41) is 5.47. The van der Waals surface area contributed by atoms with Crippen LogP contribution in [-0.4, -0.2) is 24.4 Å². The highest BCUT2D eigenvalue weighted by Gasteiger charge is 2.28. The highest BCUT2D eigenvalue weighted by atomic mass is 35.5. The molecular weight excluding hydrogens is 278 g/mol. The van der Waals surface area contributed by atoms with E-state index in [0.29, 0.717) is 23.7 Å². The van der Waals surface area contributed by atoms with Crippen molar-refractivity contribution in [2.75, 3.05) is 11.9 Å². The third kappa shape index (κ3) is 4.83. The number of nitrogens with two attached hydrogens (primary N) is 1. The van der Waals surface area contributed by atoms with Gasteiger partial charge < -0.3 is 16.4 Å². The van der Waals surface area contributed by atoms with Crippen LogP contribution in [-0.2, 0) is 4.79 Å². The summed E-state index contributed by atoms with van der Waals surface area (Å²) in [5.74, 6) is 0.239. The summed E-state index contributed by atoms with van der Waals surface area (Å²) in [4.78, 5) is 22.9. The van der Waals surface area contributed by atoms with Gasteiger partial charge in [-0.25, -0.2) is 0 Å². The van der Waals surface area contributed by atoms with Crippen LogP contribution in [0, 0.1) is 5.92 Å². The first-order valence-electron chi connectivity index (χ1n) is 6.47. The summed E-state index contributed by atoms with van der Waals surface area (Å²) in [5.41, 5.74) is 7.07. The molecule has 0 aliphatic heterocycles. The van der Waals surface area contributed by atoms with Gasteiger partial charge >= 0.3 is 0 Å². The first kappa shape index (κ1) is 16.5. The zero-order valence-electron chi connectivity index (χ0n) is 11.4. The van der Waals surface area contributed by atoms with Crippen molar-refractivity contribution in [3.63, 3.8) is 0 Å². The molecule has 20 heavy (non-hydrogen) atoms. The van der Waals surface area contributed by atoms with Crippen molar-refractivity contribution < 1.29 is 9.59 Å².